The number of aromatic hydroxyl groups is 1. The average Bonchev–Trinajstić information content (AvgIpc) is 2.61. The summed E-state index contributed by atoms with van der Waals surface area (Å²) < 4.78 is 0. The van der Waals surface area contributed by atoms with Gasteiger partial charge in [0.05, 0.1) is 0 Å². The summed E-state index contributed by atoms with van der Waals surface area (Å²) >= 11 is 0. The molecule has 0 radical (unpaired) electrons. The standard InChI is InChI=1S/C12H14O/c1-8-7-12(8)5-4-9-2-3-10(13)6-11(9)12/h2-3,6,8,13H,4-5,7H2,1H3. The molecule has 68 valence electrons. The molecule has 0 aromatic heterocycles. The van der Waals surface area contributed by atoms with Crippen LogP contribution in [-0.4, -0.2) is 5.11 Å². The number of hydrogen-bond acceptors (Lipinski definition) is 1. The number of benzene rings is 1. The highest BCUT2D eigenvalue weighted by molar-refractivity contribution is 5.48. The average molecular weight is 174 g/mol. The molecule has 2 aliphatic carbocycles. The first-order valence-corrected chi connectivity index (χ1v) is 5.05. The van der Waals surface area contributed by atoms with Gasteiger partial charge in [0.1, 0.15) is 5.75 Å². The molecule has 1 aromatic rings. The van der Waals surface area contributed by atoms with Crippen molar-refractivity contribution in [2.75, 3.05) is 0 Å². The summed E-state index contributed by atoms with van der Waals surface area (Å²) in [7, 11) is 0. The highest BCUT2D eigenvalue weighted by atomic mass is 16.3. The van der Waals surface area contributed by atoms with E-state index in [1.54, 1.807) is 0 Å². The third-order valence-electron chi connectivity index (χ3n) is 3.92. The largest absolute Gasteiger partial charge is 0.508 e. The zero-order valence-electron chi connectivity index (χ0n) is 7.88. The molecule has 1 nitrogen and oxygen atoms in total. The summed E-state index contributed by atoms with van der Waals surface area (Å²) in [5.41, 5.74) is 3.36. The Hall–Kier alpha value is -0.980. The van der Waals surface area contributed by atoms with Gasteiger partial charge < -0.3 is 5.11 Å². The maximum atomic E-state index is 9.44. The number of aryl methyl sites for hydroxylation is 1. The second kappa shape index (κ2) is 2.09. The molecule has 0 aliphatic heterocycles. The van der Waals surface area contributed by atoms with Crippen LogP contribution in [0.2, 0.25) is 0 Å². The Labute approximate surface area is 78.4 Å². The Morgan fingerprint density at radius 3 is 2.92 bits per heavy atom. The van der Waals surface area contributed by atoms with E-state index in [1.807, 2.05) is 12.1 Å². The lowest BCUT2D eigenvalue weighted by atomic mass is 9.96. The van der Waals surface area contributed by atoms with Crippen LogP contribution in [0.1, 0.15) is 30.9 Å². The normalized spacial score (nSPS) is 35.0. The van der Waals surface area contributed by atoms with Crippen molar-refractivity contribution < 1.29 is 5.11 Å². The minimum Gasteiger partial charge on any atom is -0.508 e. The van der Waals surface area contributed by atoms with Gasteiger partial charge in [0.25, 0.3) is 0 Å². The van der Waals surface area contributed by atoms with Crippen LogP contribution in [0.15, 0.2) is 18.2 Å². The van der Waals surface area contributed by atoms with Gasteiger partial charge in [0.2, 0.25) is 0 Å². The fourth-order valence-corrected chi connectivity index (χ4v) is 2.95. The van der Waals surface area contributed by atoms with Crippen molar-refractivity contribution in [2.24, 2.45) is 5.92 Å². The molecule has 1 saturated carbocycles. The SMILES string of the molecule is CC1CC12CCc1ccc(O)cc12. The van der Waals surface area contributed by atoms with Crippen molar-refractivity contribution in [3.8, 4) is 5.75 Å². The number of rotatable bonds is 0. The van der Waals surface area contributed by atoms with Gasteiger partial charge >= 0.3 is 0 Å². The third kappa shape index (κ3) is 0.822. The lowest BCUT2D eigenvalue weighted by Gasteiger charge is -2.09. The highest BCUT2D eigenvalue weighted by Crippen LogP contribution is 2.61. The number of fused-ring (bicyclic) bond motifs is 2. The molecule has 0 saturated heterocycles. The summed E-state index contributed by atoms with van der Waals surface area (Å²) in [6, 6.07) is 5.88. The second-order valence-electron chi connectivity index (χ2n) is 4.60. The van der Waals surface area contributed by atoms with Gasteiger partial charge in [-0.25, -0.2) is 0 Å². The van der Waals surface area contributed by atoms with Crippen molar-refractivity contribution in [1.29, 1.82) is 0 Å². The predicted octanol–water partition coefficient (Wildman–Crippen LogP) is 2.62. The van der Waals surface area contributed by atoms with Gasteiger partial charge in [0, 0.05) is 0 Å². The maximum absolute atomic E-state index is 9.44. The smallest absolute Gasteiger partial charge is 0.115 e. The Morgan fingerprint density at radius 2 is 2.23 bits per heavy atom. The van der Waals surface area contributed by atoms with Crippen LogP contribution >= 0.6 is 0 Å². The van der Waals surface area contributed by atoms with E-state index >= 15 is 0 Å². The van der Waals surface area contributed by atoms with E-state index in [-0.39, 0.29) is 0 Å². The topological polar surface area (TPSA) is 20.2 Å². The lowest BCUT2D eigenvalue weighted by Crippen LogP contribution is -2.02. The van der Waals surface area contributed by atoms with Gasteiger partial charge in [-0.2, -0.15) is 0 Å². The van der Waals surface area contributed by atoms with Gasteiger partial charge in [0.15, 0.2) is 0 Å². The minimum atomic E-state index is 0.430. The summed E-state index contributed by atoms with van der Waals surface area (Å²) in [5, 5.41) is 9.44. The molecule has 1 fully saturated rings. The molecular weight excluding hydrogens is 160 g/mol. The lowest BCUT2D eigenvalue weighted by molar-refractivity contribution is 0.473. The van der Waals surface area contributed by atoms with Crippen LogP contribution in [0.5, 0.6) is 5.75 Å². The van der Waals surface area contributed by atoms with Gasteiger partial charge in [-0.3, -0.25) is 0 Å². The number of phenols is 1. The van der Waals surface area contributed by atoms with Crippen LogP contribution in [0.25, 0.3) is 0 Å². The molecule has 1 spiro atoms. The first-order chi connectivity index (χ1) is 6.22. The third-order valence-corrected chi connectivity index (χ3v) is 3.92. The molecule has 0 heterocycles. The van der Waals surface area contributed by atoms with Crippen molar-refractivity contribution in [3.05, 3.63) is 29.3 Å². The van der Waals surface area contributed by atoms with Crippen molar-refractivity contribution >= 4 is 0 Å². The van der Waals surface area contributed by atoms with Crippen LogP contribution in [0, 0.1) is 5.92 Å². The molecule has 1 aromatic carbocycles. The highest BCUT2D eigenvalue weighted by Gasteiger charge is 2.55. The van der Waals surface area contributed by atoms with Crippen LogP contribution in [0.3, 0.4) is 0 Å². The molecular formula is C12H14O. The summed E-state index contributed by atoms with van der Waals surface area (Å²) in [6.45, 7) is 2.32. The van der Waals surface area contributed by atoms with Gasteiger partial charge in [-0.15, -0.1) is 0 Å². The number of phenolic OH excluding ortho intramolecular Hbond substituents is 1. The summed E-state index contributed by atoms with van der Waals surface area (Å²) in [4.78, 5) is 0. The zero-order valence-corrected chi connectivity index (χ0v) is 7.88. The Kier molecular flexibility index (Phi) is 1.19. The molecule has 1 N–H and O–H groups in total. The van der Waals surface area contributed by atoms with E-state index in [0.717, 1.165) is 5.92 Å². The molecule has 3 rings (SSSR count). The van der Waals surface area contributed by atoms with Crippen molar-refractivity contribution in [1.82, 2.24) is 0 Å². The fraction of sp³-hybridized carbons (Fsp3) is 0.500. The van der Waals surface area contributed by atoms with E-state index in [2.05, 4.69) is 13.0 Å². The Bertz CT molecular complexity index is 369. The predicted molar refractivity (Wildman–Crippen MR) is 51.9 cm³/mol. The van der Waals surface area contributed by atoms with Gasteiger partial charge in [-0.05, 0) is 53.9 Å². The molecule has 2 atom stereocenters. The van der Waals surface area contributed by atoms with Crippen LogP contribution in [0.4, 0.5) is 0 Å². The maximum Gasteiger partial charge on any atom is 0.115 e. The van der Waals surface area contributed by atoms with Crippen molar-refractivity contribution in [2.45, 2.75) is 31.6 Å². The fourth-order valence-electron chi connectivity index (χ4n) is 2.95. The first-order valence-electron chi connectivity index (χ1n) is 5.05. The van der Waals surface area contributed by atoms with E-state index in [0.29, 0.717) is 11.2 Å². The molecule has 2 aliphatic rings. The monoisotopic (exact) mass is 174 g/mol. The van der Waals surface area contributed by atoms with Crippen LogP contribution < -0.4 is 0 Å². The quantitative estimate of drug-likeness (QED) is 0.641. The van der Waals surface area contributed by atoms with Crippen molar-refractivity contribution in [3.63, 3.8) is 0 Å². The molecule has 2 unspecified atom stereocenters. The molecule has 0 amide bonds. The van der Waals surface area contributed by atoms with Gasteiger partial charge in [-0.1, -0.05) is 13.0 Å². The summed E-state index contributed by atoms with van der Waals surface area (Å²) in [5.74, 6) is 1.26. The van der Waals surface area contributed by atoms with Crippen LogP contribution in [-0.2, 0) is 11.8 Å². The van der Waals surface area contributed by atoms with E-state index in [9.17, 15) is 5.11 Å². The second-order valence-corrected chi connectivity index (χ2v) is 4.60. The zero-order chi connectivity index (χ0) is 9.05. The van der Waals surface area contributed by atoms with E-state index in [4.69, 9.17) is 0 Å². The molecule has 0 bridgehead atoms. The summed E-state index contributed by atoms with van der Waals surface area (Å²) in [6.07, 6.45) is 3.83. The number of hydrogen-bond donors (Lipinski definition) is 1. The van der Waals surface area contributed by atoms with E-state index < -0.39 is 0 Å². The van der Waals surface area contributed by atoms with E-state index in [1.165, 1.54) is 30.4 Å². The molecule has 13 heavy (non-hydrogen) atoms. The first kappa shape index (κ1) is 7.43. The Balaban J connectivity index is 2.15. The molecule has 1 heteroatoms. The Morgan fingerprint density at radius 1 is 1.46 bits per heavy atom. The minimum absolute atomic E-state index is 0.430.